The third-order valence-corrected chi connectivity index (χ3v) is 4.75. The van der Waals surface area contributed by atoms with Crippen molar-refractivity contribution in [3.05, 3.63) is 93.5 Å². The lowest BCUT2D eigenvalue weighted by Gasteiger charge is -2.20. The first-order valence-electron chi connectivity index (χ1n) is 9.51. The molecule has 0 N–H and O–H groups in total. The van der Waals surface area contributed by atoms with Crippen molar-refractivity contribution in [1.82, 2.24) is 0 Å². The number of rotatable bonds is 9. The van der Waals surface area contributed by atoms with Crippen LogP contribution in [-0.2, 0) is 6.54 Å². The number of hydrogen-bond donors (Lipinski definition) is 0. The quantitative estimate of drug-likeness (QED) is 0.261. The third kappa shape index (κ3) is 5.18. The Bertz CT molecular complexity index is 1120. The molecule has 0 saturated carbocycles. The number of anilines is 1. The van der Waals surface area contributed by atoms with Crippen LogP contribution in [0, 0.1) is 10.1 Å². The van der Waals surface area contributed by atoms with Crippen LogP contribution in [0.3, 0.4) is 0 Å². The van der Waals surface area contributed by atoms with Gasteiger partial charge in [-0.2, -0.15) is 8.78 Å². The number of methoxy groups -OCH3 is 1. The van der Waals surface area contributed by atoms with Crippen molar-refractivity contribution in [3.8, 4) is 11.5 Å². The first kappa shape index (κ1) is 22.7. The van der Waals surface area contributed by atoms with Crippen LogP contribution in [0.15, 0.2) is 66.7 Å². The summed E-state index contributed by atoms with van der Waals surface area (Å²) in [6, 6.07) is 17.2. The molecule has 0 aromatic heterocycles. The molecule has 0 aliphatic carbocycles. The minimum atomic E-state index is -2.99. The molecule has 9 heteroatoms. The van der Waals surface area contributed by atoms with Crippen molar-refractivity contribution in [2.24, 2.45) is 0 Å². The van der Waals surface area contributed by atoms with Crippen molar-refractivity contribution < 1.29 is 28.0 Å². The van der Waals surface area contributed by atoms with Crippen molar-refractivity contribution in [1.29, 1.82) is 0 Å². The topological polar surface area (TPSA) is 81.9 Å². The molecular formula is C23H20F2N2O5. The maximum absolute atomic E-state index is 12.7. The molecule has 7 nitrogen and oxygen atoms in total. The SMILES string of the molecule is COc1cc(CN(C)c2ccc(C(=O)c3ccccc3)cc2[N+](=O)[O-])ccc1OC(F)F. The Hall–Kier alpha value is -4.01. The maximum atomic E-state index is 12.7. The monoisotopic (exact) mass is 442 g/mol. The fourth-order valence-corrected chi connectivity index (χ4v) is 3.25. The summed E-state index contributed by atoms with van der Waals surface area (Å²) < 4.78 is 34.5. The van der Waals surface area contributed by atoms with E-state index in [9.17, 15) is 23.7 Å². The van der Waals surface area contributed by atoms with E-state index in [1.54, 1.807) is 48.3 Å². The Balaban J connectivity index is 1.87. The second-order valence-corrected chi connectivity index (χ2v) is 6.88. The molecule has 0 radical (unpaired) electrons. The lowest BCUT2D eigenvalue weighted by molar-refractivity contribution is -0.384. The highest BCUT2D eigenvalue weighted by atomic mass is 19.3. The van der Waals surface area contributed by atoms with Crippen LogP contribution in [0.2, 0.25) is 0 Å². The lowest BCUT2D eigenvalue weighted by atomic mass is 10.0. The van der Waals surface area contributed by atoms with Gasteiger partial charge < -0.3 is 14.4 Å². The normalized spacial score (nSPS) is 10.7. The number of benzene rings is 3. The van der Waals surface area contributed by atoms with Crippen LogP contribution in [0.5, 0.6) is 11.5 Å². The van der Waals surface area contributed by atoms with Gasteiger partial charge in [-0.05, 0) is 29.8 Å². The van der Waals surface area contributed by atoms with Gasteiger partial charge in [-0.25, -0.2) is 0 Å². The molecule has 0 atom stereocenters. The Kier molecular flexibility index (Phi) is 6.99. The highest BCUT2D eigenvalue weighted by Gasteiger charge is 2.21. The average molecular weight is 442 g/mol. The number of ketones is 1. The predicted molar refractivity (Wildman–Crippen MR) is 115 cm³/mol. The molecule has 0 aliphatic heterocycles. The summed E-state index contributed by atoms with van der Waals surface area (Å²) >= 11 is 0. The Morgan fingerprint density at radius 3 is 2.38 bits per heavy atom. The molecular weight excluding hydrogens is 422 g/mol. The highest BCUT2D eigenvalue weighted by molar-refractivity contribution is 6.09. The fourth-order valence-electron chi connectivity index (χ4n) is 3.25. The van der Waals surface area contributed by atoms with Gasteiger partial charge in [-0.3, -0.25) is 14.9 Å². The van der Waals surface area contributed by atoms with Crippen molar-refractivity contribution in [2.45, 2.75) is 13.2 Å². The van der Waals surface area contributed by atoms with Crippen LogP contribution in [0.25, 0.3) is 0 Å². The van der Waals surface area contributed by atoms with Crippen LogP contribution in [0.1, 0.15) is 21.5 Å². The summed E-state index contributed by atoms with van der Waals surface area (Å²) in [6.07, 6.45) is 0. The van der Waals surface area contributed by atoms with Gasteiger partial charge in [0, 0.05) is 30.8 Å². The van der Waals surface area contributed by atoms with Gasteiger partial charge in [0.25, 0.3) is 5.69 Å². The van der Waals surface area contributed by atoms with Gasteiger partial charge >= 0.3 is 6.61 Å². The smallest absolute Gasteiger partial charge is 0.387 e. The molecule has 3 aromatic rings. The van der Waals surface area contributed by atoms with Gasteiger partial charge in [0.15, 0.2) is 17.3 Å². The number of nitro groups is 1. The molecule has 0 unspecified atom stereocenters. The van der Waals surface area contributed by atoms with Gasteiger partial charge in [-0.15, -0.1) is 0 Å². The van der Waals surface area contributed by atoms with E-state index in [0.29, 0.717) is 16.8 Å². The third-order valence-electron chi connectivity index (χ3n) is 4.75. The number of ether oxygens (including phenoxy) is 2. The van der Waals surface area contributed by atoms with E-state index < -0.39 is 11.5 Å². The van der Waals surface area contributed by atoms with E-state index in [0.717, 1.165) is 0 Å². The molecule has 3 aromatic carbocycles. The fraction of sp³-hybridized carbons (Fsp3) is 0.174. The molecule has 3 rings (SSSR count). The van der Waals surface area contributed by atoms with E-state index in [1.165, 1.54) is 37.4 Å². The Morgan fingerprint density at radius 1 is 1.03 bits per heavy atom. The first-order valence-corrected chi connectivity index (χ1v) is 9.51. The van der Waals surface area contributed by atoms with E-state index >= 15 is 0 Å². The second kappa shape index (κ2) is 9.86. The molecule has 0 bridgehead atoms. The summed E-state index contributed by atoms with van der Waals surface area (Å²) in [5, 5.41) is 11.7. The number of carbonyl (C=O) groups excluding carboxylic acids is 1. The van der Waals surface area contributed by atoms with Crippen molar-refractivity contribution >= 4 is 17.2 Å². The number of carbonyl (C=O) groups is 1. The summed E-state index contributed by atoms with van der Waals surface area (Å²) in [5.41, 5.74) is 1.37. The molecule has 0 spiro atoms. The van der Waals surface area contributed by atoms with Crippen LogP contribution < -0.4 is 14.4 Å². The highest BCUT2D eigenvalue weighted by Crippen LogP contribution is 2.33. The zero-order valence-electron chi connectivity index (χ0n) is 17.3. The van der Waals surface area contributed by atoms with E-state index in [4.69, 9.17) is 4.74 Å². The van der Waals surface area contributed by atoms with E-state index in [1.807, 2.05) is 0 Å². The predicted octanol–water partition coefficient (Wildman–Crippen LogP) is 5.07. The number of hydrogen-bond acceptors (Lipinski definition) is 6. The molecule has 32 heavy (non-hydrogen) atoms. The minimum Gasteiger partial charge on any atom is -0.493 e. The zero-order valence-corrected chi connectivity index (χ0v) is 17.3. The van der Waals surface area contributed by atoms with Gasteiger partial charge in [0.05, 0.1) is 12.0 Å². The second-order valence-electron chi connectivity index (χ2n) is 6.88. The van der Waals surface area contributed by atoms with Crippen LogP contribution in [-0.4, -0.2) is 31.5 Å². The summed E-state index contributed by atoms with van der Waals surface area (Å²) in [4.78, 5) is 25.4. The molecule has 166 valence electrons. The molecule has 0 aliphatic rings. The average Bonchev–Trinajstić information content (AvgIpc) is 2.79. The van der Waals surface area contributed by atoms with E-state index in [-0.39, 0.29) is 35.1 Å². The first-order chi connectivity index (χ1) is 15.3. The van der Waals surface area contributed by atoms with Gasteiger partial charge in [0.1, 0.15) is 5.69 Å². The Labute approximate surface area is 183 Å². The van der Waals surface area contributed by atoms with E-state index in [2.05, 4.69) is 4.74 Å². The summed E-state index contributed by atoms with van der Waals surface area (Å²) in [6.45, 7) is -2.77. The zero-order chi connectivity index (χ0) is 23.3. The van der Waals surface area contributed by atoms with Gasteiger partial charge in [0.2, 0.25) is 0 Å². The van der Waals surface area contributed by atoms with Crippen molar-refractivity contribution in [2.75, 3.05) is 19.1 Å². The largest absolute Gasteiger partial charge is 0.493 e. The summed E-state index contributed by atoms with van der Waals surface area (Å²) in [5.74, 6) is -0.305. The molecule has 0 saturated heterocycles. The molecule has 0 fully saturated rings. The van der Waals surface area contributed by atoms with Crippen molar-refractivity contribution in [3.63, 3.8) is 0 Å². The molecule has 0 heterocycles. The van der Waals surface area contributed by atoms with Gasteiger partial charge in [-0.1, -0.05) is 36.4 Å². The number of nitrogens with zero attached hydrogens (tertiary/aromatic N) is 2. The minimum absolute atomic E-state index is 0.108. The molecule has 0 amide bonds. The standard InChI is InChI=1S/C23H20F2N2O5/c1-26(14-15-8-11-20(32-23(24)25)21(12-15)31-2)18-10-9-17(13-19(18)27(29)30)22(28)16-6-4-3-5-7-16/h3-13,23H,14H2,1-2H3. The maximum Gasteiger partial charge on any atom is 0.387 e. The van der Waals surface area contributed by atoms with Crippen LogP contribution in [0.4, 0.5) is 20.2 Å². The van der Waals surface area contributed by atoms with Crippen LogP contribution >= 0.6 is 0 Å². The number of alkyl halides is 2. The Morgan fingerprint density at radius 2 is 1.75 bits per heavy atom. The lowest BCUT2D eigenvalue weighted by Crippen LogP contribution is -2.18. The summed E-state index contributed by atoms with van der Waals surface area (Å²) in [7, 11) is 2.98. The number of halogens is 2. The number of nitro benzene ring substituents is 1.